The van der Waals surface area contributed by atoms with Gasteiger partial charge in [0.2, 0.25) is 0 Å². The van der Waals surface area contributed by atoms with E-state index in [1.54, 1.807) is 7.11 Å². The van der Waals surface area contributed by atoms with Gasteiger partial charge in [0, 0.05) is 17.3 Å². The summed E-state index contributed by atoms with van der Waals surface area (Å²) >= 11 is 0. The molecule has 0 N–H and O–H groups in total. The van der Waals surface area contributed by atoms with Gasteiger partial charge in [0.25, 0.3) is 0 Å². The third-order valence-corrected chi connectivity index (χ3v) is 4.17. The smallest absolute Gasteiger partial charge is 0.197 e. The number of pyridine rings is 1. The van der Waals surface area contributed by atoms with Crippen LogP contribution in [0.3, 0.4) is 0 Å². The molecule has 0 aliphatic heterocycles. The Balaban J connectivity index is 2.24. The van der Waals surface area contributed by atoms with Crippen molar-refractivity contribution in [2.24, 2.45) is 0 Å². The van der Waals surface area contributed by atoms with Crippen molar-refractivity contribution in [1.82, 2.24) is 9.47 Å². The van der Waals surface area contributed by atoms with Crippen LogP contribution in [0.15, 0.2) is 47.3 Å². The fourth-order valence-electron chi connectivity index (χ4n) is 3.02. The minimum absolute atomic E-state index is 0.0679. The first-order valence-electron chi connectivity index (χ1n) is 7.86. The molecule has 0 aliphatic rings. The van der Waals surface area contributed by atoms with E-state index in [9.17, 15) is 4.79 Å². The van der Waals surface area contributed by atoms with Crippen molar-refractivity contribution in [3.63, 3.8) is 0 Å². The van der Waals surface area contributed by atoms with Crippen LogP contribution >= 0.6 is 0 Å². The molecule has 1 heterocycles. The Morgan fingerprint density at radius 1 is 1.04 bits per heavy atom. The number of ether oxygens (including phenoxy) is 1. The van der Waals surface area contributed by atoms with Gasteiger partial charge in [-0.05, 0) is 57.4 Å². The number of nitrogens with zero attached hydrogens (tertiary/aromatic N) is 2. The Hall–Kier alpha value is -2.33. The highest BCUT2D eigenvalue weighted by Crippen LogP contribution is 2.23. The SMILES string of the molecule is COc1ccc2c(c1)c(=O)c1ccccc1n2CCCN(C)C. The van der Waals surface area contributed by atoms with Gasteiger partial charge in [-0.2, -0.15) is 0 Å². The topological polar surface area (TPSA) is 34.5 Å². The van der Waals surface area contributed by atoms with E-state index in [0.29, 0.717) is 11.1 Å². The maximum Gasteiger partial charge on any atom is 0.197 e. The molecule has 0 spiro atoms. The van der Waals surface area contributed by atoms with E-state index < -0.39 is 0 Å². The van der Waals surface area contributed by atoms with Crippen LogP contribution in [0.4, 0.5) is 0 Å². The minimum atomic E-state index is 0.0679. The molecular formula is C19H22N2O2. The molecular weight excluding hydrogens is 288 g/mol. The lowest BCUT2D eigenvalue weighted by molar-refractivity contribution is 0.389. The zero-order valence-corrected chi connectivity index (χ0v) is 13.9. The van der Waals surface area contributed by atoms with Crippen molar-refractivity contribution in [2.75, 3.05) is 27.7 Å². The lowest BCUT2D eigenvalue weighted by Crippen LogP contribution is -2.17. The molecule has 120 valence electrons. The average Bonchev–Trinajstić information content (AvgIpc) is 2.57. The van der Waals surface area contributed by atoms with Gasteiger partial charge in [-0.1, -0.05) is 12.1 Å². The van der Waals surface area contributed by atoms with Gasteiger partial charge in [-0.25, -0.2) is 0 Å². The van der Waals surface area contributed by atoms with E-state index in [0.717, 1.165) is 35.9 Å². The Bertz CT molecular complexity index is 897. The summed E-state index contributed by atoms with van der Waals surface area (Å²) < 4.78 is 7.53. The Morgan fingerprint density at radius 3 is 2.52 bits per heavy atom. The number of fused-ring (bicyclic) bond motifs is 2. The van der Waals surface area contributed by atoms with Crippen LogP contribution in [0.5, 0.6) is 5.75 Å². The second-order valence-electron chi connectivity index (χ2n) is 6.04. The quantitative estimate of drug-likeness (QED) is 0.679. The van der Waals surface area contributed by atoms with Crippen LogP contribution in [0.1, 0.15) is 6.42 Å². The lowest BCUT2D eigenvalue weighted by Gasteiger charge is -2.17. The predicted octanol–water partition coefficient (Wildman–Crippen LogP) is 3.12. The number of aryl methyl sites for hydroxylation is 1. The van der Waals surface area contributed by atoms with Crippen molar-refractivity contribution in [1.29, 1.82) is 0 Å². The molecule has 3 aromatic rings. The Labute approximate surface area is 135 Å². The molecule has 0 fully saturated rings. The van der Waals surface area contributed by atoms with Gasteiger partial charge in [0.1, 0.15) is 5.75 Å². The normalized spacial score (nSPS) is 11.5. The largest absolute Gasteiger partial charge is 0.497 e. The molecule has 3 rings (SSSR count). The number of rotatable bonds is 5. The van der Waals surface area contributed by atoms with Gasteiger partial charge in [-0.15, -0.1) is 0 Å². The van der Waals surface area contributed by atoms with Gasteiger partial charge in [0.15, 0.2) is 5.43 Å². The summed E-state index contributed by atoms with van der Waals surface area (Å²) in [7, 11) is 5.77. The summed E-state index contributed by atoms with van der Waals surface area (Å²) in [6.07, 6.45) is 1.03. The number of benzene rings is 2. The number of methoxy groups -OCH3 is 1. The monoisotopic (exact) mass is 310 g/mol. The van der Waals surface area contributed by atoms with Crippen LogP contribution in [-0.4, -0.2) is 37.2 Å². The zero-order valence-electron chi connectivity index (χ0n) is 13.9. The summed E-state index contributed by atoms with van der Waals surface area (Å²) in [6.45, 7) is 1.89. The zero-order chi connectivity index (χ0) is 16.4. The second-order valence-corrected chi connectivity index (χ2v) is 6.04. The predicted molar refractivity (Wildman–Crippen MR) is 95.4 cm³/mol. The molecule has 1 aromatic heterocycles. The number of aromatic nitrogens is 1. The molecule has 0 aliphatic carbocycles. The molecule has 0 bridgehead atoms. The maximum absolute atomic E-state index is 12.8. The Morgan fingerprint density at radius 2 is 1.78 bits per heavy atom. The van der Waals surface area contributed by atoms with E-state index in [4.69, 9.17) is 4.74 Å². The van der Waals surface area contributed by atoms with E-state index in [2.05, 4.69) is 23.6 Å². The molecule has 4 heteroatoms. The van der Waals surface area contributed by atoms with Gasteiger partial charge in [-0.3, -0.25) is 4.79 Å². The summed E-state index contributed by atoms with van der Waals surface area (Å²) in [5, 5.41) is 1.48. The molecule has 23 heavy (non-hydrogen) atoms. The molecule has 0 amide bonds. The molecule has 0 atom stereocenters. The Kier molecular flexibility index (Phi) is 4.35. The molecule has 0 saturated heterocycles. The molecule has 0 radical (unpaired) electrons. The van der Waals surface area contributed by atoms with E-state index in [1.165, 1.54) is 0 Å². The summed E-state index contributed by atoms with van der Waals surface area (Å²) in [5.41, 5.74) is 2.03. The fraction of sp³-hybridized carbons (Fsp3) is 0.316. The first-order chi connectivity index (χ1) is 11.1. The van der Waals surface area contributed by atoms with E-state index >= 15 is 0 Å². The number of para-hydroxylation sites is 1. The van der Waals surface area contributed by atoms with Crippen molar-refractivity contribution < 1.29 is 4.74 Å². The highest BCUT2D eigenvalue weighted by atomic mass is 16.5. The first kappa shape index (κ1) is 15.6. The third kappa shape index (κ3) is 2.94. The second kappa shape index (κ2) is 6.42. The number of hydrogen-bond donors (Lipinski definition) is 0. The highest BCUT2D eigenvalue weighted by Gasteiger charge is 2.11. The van der Waals surface area contributed by atoms with Crippen LogP contribution in [-0.2, 0) is 6.54 Å². The molecule has 0 saturated carbocycles. The molecule has 2 aromatic carbocycles. The summed E-state index contributed by atoms with van der Waals surface area (Å²) in [5.74, 6) is 0.713. The van der Waals surface area contributed by atoms with E-state index in [-0.39, 0.29) is 5.43 Å². The first-order valence-corrected chi connectivity index (χ1v) is 7.86. The van der Waals surface area contributed by atoms with Crippen molar-refractivity contribution >= 4 is 21.8 Å². The van der Waals surface area contributed by atoms with Crippen LogP contribution < -0.4 is 10.2 Å². The van der Waals surface area contributed by atoms with Crippen molar-refractivity contribution in [3.05, 3.63) is 52.7 Å². The summed E-state index contributed by atoms with van der Waals surface area (Å²) in [6, 6.07) is 13.6. The fourth-order valence-corrected chi connectivity index (χ4v) is 3.02. The van der Waals surface area contributed by atoms with Gasteiger partial charge in [0.05, 0.1) is 18.1 Å². The lowest BCUT2D eigenvalue weighted by atomic mass is 10.1. The van der Waals surface area contributed by atoms with Crippen molar-refractivity contribution in [2.45, 2.75) is 13.0 Å². The average molecular weight is 310 g/mol. The van der Waals surface area contributed by atoms with Crippen LogP contribution in [0, 0.1) is 0 Å². The van der Waals surface area contributed by atoms with Crippen LogP contribution in [0.2, 0.25) is 0 Å². The summed E-state index contributed by atoms with van der Waals surface area (Å²) in [4.78, 5) is 15.0. The molecule has 0 unspecified atom stereocenters. The highest BCUT2D eigenvalue weighted by molar-refractivity contribution is 5.94. The minimum Gasteiger partial charge on any atom is -0.497 e. The van der Waals surface area contributed by atoms with E-state index in [1.807, 2.05) is 42.5 Å². The standard InChI is InChI=1S/C19H22N2O2/c1-20(2)11-6-12-21-17-8-5-4-7-15(17)19(22)16-13-14(23-3)9-10-18(16)21/h4-5,7-10,13H,6,11-12H2,1-3H3. The van der Waals surface area contributed by atoms with Crippen LogP contribution in [0.25, 0.3) is 21.8 Å². The van der Waals surface area contributed by atoms with Gasteiger partial charge < -0.3 is 14.2 Å². The number of hydrogen-bond acceptors (Lipinski definition) is 3. The van der Waals surface area contributed by atoms with Gasteiger partial charge >= 0.3 is 0 Å². The van der Waals surface area contributed by atoms with Crippen molar-refractivity contribution in [3.8, 4) is 5.75 Å². The molecule has 4 nitrogen and oxygen atoms in total. The maximum atomic E-state index is 12.8. The third-order valence-electron chi connectivity index (χ3n) is 4.17.